The molecule has 0 aliphatic carbocycles. The first-order valence-electron chi connectivity index (χ1n) is 10.4. The summed E-state index contributed by atoms with van der Waals surface area (Å²) < 4.78 is 2.13. The molecular weight excluding hydrogens is 436 g/mol. The fourth-order valence-corrected chi connectivity index (χ4v) is 2.80. The van der Waals surface area contributed by atoms with Gasteiger partial charge in [-0.1, -0.05) is 18.2 Å². The van der Waals surface area contributed by atoms with Gasteiger partial charge < -0.3 is 15.2 Å². The molecule has 0 spiro atoms. The first-order valence-corrected chi connectivity index (χ1v) is 10.4. The monoisotopic (exact) mass is 460 g/mol. The highest BCUT2D eigenvalue weighted by Crippen LogP contribution is 2.26. The van der Waals surface area contributed by atoms with E-state index in [1.165, 1.54) is 23.8 Å². The lowest BCUT2D eigenvalue weighted by molar-refractivity contribution is -0.695. The van der Waals surface area contributed by atoms with Gasteiger partial charge in [0.05, 0.1) is 22.7 Å². The Morgan fingerprint density at radius 1 is 1.09 bits per heavy atom. The van der Waals surface area contributed by atoms with Crippen molar-refractivity contribution in [2.45, 2.75) is 19.9 Å². The molecule has 0 aliphatic heterocycles. The van der Waals surface area contributed by atoms with Crippen LogP contribution in [-0.4, -0.2) is 24.0 Å². The zero-order valence-electron chi connectivity index (χ0n) is 18.6. The van der Waals surface area contributed by atoms with Crippen molar-refractivity contribution in [3.63, 3.8) is 0 Å². The number of carboxylic acid groups (broad SMARTS) is 1. The summed E-state index contributed by atoms with van der Waals surface area (Å²) in [5.41, 5.74) is 2.10. The van der Waals surface area contributed by atoms with Crippen LogP contribution in [0.15, 0.2) is 83.3 Å². The summed E-state index contributed by atoms with van der Waals surface area (Å²) in [6.07, 6.45) is 4.99. The van der Waals surface area contributed by atoms with Gasteiger partial charge in [-0.05, 0) is 43.7 Å². The third kappa shape index (κ3) is 9.33. The van der Waals surface area contributed by atoms with Crippen molar-refractivity contribution in [3.05, 3.63) is 94.3 Å². The predicted octanol–water partition coefficient (Wildman–Crippen LogP) is 2.76. The lowest BCUT2D eigenvalue weighted by Gasteiger charge is -2.04. The second-order valence-electron chi connectivity index (χ2n) is 7.04. The van der Waals surface area contributed by atoms with Crippen molar-refractivity contribution < 1.29 is 19.4 Å². The fraction of sp³-hybridized carbons (Fsp3) is 0.208. The number of nitriles is 1. The number of pyridine rings is 1. The van der Waals surface area contributed by atoms with Crippen molar-refractivity contribution >= 4 is 23.0 Å². The third-order valence-electron chi connectivity index (χ3n) is 4.44. The molecule has 0 fully saturated rings. The minimum absolute atomic E-state index is 0.115. The van der Waals surface area contributed by atoms with Crippen molar-refractivity contribution in [1.82, 2.24) is 5.32 Å². The van der Waals surface area contributed by atoms with E-state index in [4.69, 9.17) is 15.2 Å². The number of non-ortho nitro benzene ring substituents is 1. The first-order chi connectivity index (χ1) is 16.4. The molecule has 1 heterocycles. The van der Waals surface area contributed by atoms with Gasteiger partial charge in [0.25, 0.3) is 5.69 Å². The van der Waals surface area contributed by atoms with Crippen LogP contribution in [0.25, 0.3) is 0 Å². The van der Waals surface area contributed by atoms with Crippen LogP contribution in [0.1, 0.15) is 18.1 Å². The number of benzene rings is 2. The van der Waals surface area contributed by atoms with Crippen LogP contribution < -0.4 is 15.0 Å². The van der Waals surface area contributed by atoms with E-state index in [-0.39, 0.29) is 11.3 Å². The molecule has 0 saturated carbocycles. The molecule has 174 valence electrons. The number of hydrogen-bond acceptors (Lipinski definition) is 8. The summed E-state index contributed by atoms with van der Waals surface area (Å²) in [4.78, 5) is 19.1. The SMILES string of the molecule is CC(=O)[O-].N#Cc1cc([N+](=O)[O-])ccc1N=Nc1ccc(CCNCC[n+]2ccccc2)cc1. The minimum Gasteiger partial charge on any atom is -0.550 e. The Morgan fingerprint density at radius 2 is 1.76 bits per heavy atom. The summed E-state index contributed by atoms with van der Waals surface area (Å²) in [7, 11) is 0. The van der Waals surface area contributed by atoms with Gasteiger partial charge in [0, 0.05) is 30.2 Å². The Labute approximate surface area is 197 Å². The number of aliphatic carboxylic acids is 1. The Bertz CT molecular complexity index is 1150. The summed E-state index contributed by atoms with van der Waals surface area (Å²) in [6.45, 7) is 3.67. The second-order valence-corrected chi connectivity index (χ2v) is 7.04. The standard InChI is InChI=1S/C22H21N6O2.C2H4O2/c23-17-19-16-21(28(29)30)8-9-22(19)26-25-20-6-4-18(5-7-20)10-11-24-12-15-27-13-2-1-3-14-27;1-2(3)4/h1-9,13-14,16,24H,10-12,15H2;1H3,(H,3,4)/q+1;/p-1. The van der Waals surface area contributed by atoms with Gasteiger partial charge in [0.2, 0.25) is 0 Å². The van der Waals surface area contributed by atoms with Gasteiger partial charge in [-0.15, -0.1) is 5.11 Å². The lowest BCUT2D eigenvalue weighted by atomic mass is 10.1. The maximum absolute atomic E-state index is 10.8. The average molecular weight is 460 g/mol. The van der Waals surface area contributed by atoms with Gasteiger partial charge >= 0.3 is 0 Å². The number of carbonyl (C=O) groups is 1. The normalized spacial score (nSPS) is 10.2. The molecule has 0 unspecified atom stereocenters. The van der Waals surface area contributed by atoms with E-state index >= 15 is 0 Å². The molecule has 34 heavy (non-hydrogen) atoms. The van der Waals surface area contributed by atoms with Crippen molar-refractivity contribution in [3.8, 4) is 6.07 Å². The molecular formula is C24H24N6O4. The molecule has 3 rings (SSSR count). The molecule has 0 saturated heterocycles. The number of nitrogens with zero attached hydrogens (tertiary/aromatic N) is 5. The zero-order valence-corrected chi connectivity index (χ0v) is 18.6. The van der Waals surface area contributed by atoms with Gasteiger partial charge in [-0.25, -0.2) is 4.57 Å². The molecule has 3 aromatic rings. The lowest BCUT2D eigenvalue weighted by Crippen LogP contribution is -2.38. The number of rotatable bonds is 9. The van der Waals surface area contributed by atoms with Crippen LogP contribution in [-0.2, 0) is 17.8 Å². The van der Waals surface area contributed by atoms with Gasteiger partial charge in [-0.2, -0.15) is 10.4 Å². The number of nitro benzene ring substituents is 1. The average Bonchev–Trinajstić information content (AvgIpc) is 2.83. The second kappa shape index (κ2) is 13.8. The molecule has 0 aliphatic rings. The van der Waals surface area contributed by atoms with E-state index in [0.717, 1.165) is 33.0 Å². The molecule has 0 bridgehead atoms. The van der Waals surface area contributed by atoms with E-state index in [1.807, 2.05) is 60.9 Å². The third-order valence-corrected chi connectivity index (χ3v) is 4.44. The molecule has 10 nitrogen and oxygen atoms in total. The fourth-order valence-electron chi connectivity index (χ4n) is 2.80. The first kappa shape index (κ1) is 25.8. The van der Waals surface area contributed by atoms with Crippen LogP contribution in [0.5, 0.6) is 0 Å². The van der Waals surface area contributed by atoms with Crippen LogP contribution in [0, 0.1) is 21.4 Å². The Morgan fingerprint density at radius 3 is 2.38 bits per heavy atom. The number of nitro groups is 1. The maximum atomic E-state index is 10.8. The quantitative estimate of drug-likeness (QED) is 0.171. The number of nitrogens with one attached hydrogen (secondary N) is 1. The molecule has 0 atom stereocenters. The molecule has 1 aromatic heterocycles. The van der Waals surface area contributed by atoms with Crippen molar-refractivity contribution in [2.75, 3.05) is 13.1 Å². The van der Waals surface area contributed by atoms with E-state index in [9.17, 15) is 10.1 Å². The minimum atomic E-state index is -1.08. The summed E-state index contributed by atoms with van der Waals surface area (Å²) >= 11 is 0. The Balaban J connectivity index is 0.000000945. The topological polar surface area (TPSA) is 148 Å². The van der Waals surface area contributed by atoms with Crippen LogP contribution >= 0.6 is 0 Å². The maximum Gasteiger partial charge on any atom is 0.270 e. The zero-order chi connectivity index (χ0) is 24.8. The summed E-state index contributed by atoms with van der Waals surface area (Å²) in [5.74, 6) is -1.08. The molecule has 0 amide bonds. The van der Waals surface area contributed by atoms with Crippen LogP contribution in [0.2, 0.25) is 0 Å². The number of carbonyl (C=O) groups excluding carboxylic acids is 1. The van der Waals surface area contributed by atoms with E-state index in [0.29, 0.717) is 11.4 Å². The summed E-state index contributed by atoms with van der Waals surface area (Å²) in [6, 6.07) is 19.6. The Hall–Kier alpha value is -4.49. The Kier molecular flexibility index (Phi) is 10.5. The number of aromatic nitrogens is 1. The highest BCUT2D eigenvalue weighted by molar-refractivity contribution is 5.60. The van der Waals surface area contributed by atoms with Crippen molar-refractivity contribution in [2.24, 2.45) is 10.2 Å². The predicted molar refractivity (Wildman–Crippen MR) is 122 cm³/mol. The smallest absolute Gasteiger partial charge is 0.270 e. The van der Waals surface area contributed by atoms with Gasteiger partial charge in [-0.3, -0.25) is 10.1 Å². The van der Waals surface area contributed by atoms with Crippen LogP contribution in [0.4, 0.5) is 17.1 Å². The molecule has 2 aromatic carbocycles. The van der Waals surface area contributed by atoms with E-state index in [2.05, 4.69) is 20.1 Å². The number of azo groups is 1. The highest BCUT2D eigenvalue weighted by atomic mass is 16.6. The molecule has 10 heteroatoms. The highest BCUT2D eigenvalue weighted by Gasteiger charge is 2.10. The van der Waals surface area contributed by atoms with Crippen LogP contribution in [0.3, 0.4) is 0 Å². The summed E-state index contributed by atoms with van der Waals surface area (Å²) in [5, 5.41) is 40.5. The van der Waals surface area contributed by atoms with E-state index < -0.39 is 10.9 Å². The van der Waals surface area contributed by atoms with Gasteiger partial charge in [0.15, 0.2) is 18.9 Å². The number of carboxylic acids is 1. The van der Waals surface area contributed by atoms with Crippen molar-refractivity contribution in [1.29, 1.82) is 5.26 Å². The van der Waals surface area contributed by atoms with Gasteiger partial charge in [0.1, 0.15) is 11.8 Å². The van der Waals surface area contributed by atoms with E-state index in [1.54, 1.807) is 0 Å². The largest absolute Gasteiger partial charge is 0.550 e. The number of hydrogen-bond donors (Lipinski definition) is 1. The molecule has 1 N–H and O–H groups in total. The molecule has 0 radical (unpaired) electrons.